The topological polar surface area (TPSA) is 54.8 Å². The molecule has 3 aromatic rings. The number of thiazole rings is 1. The molecule has 1 aromatic carbocycles. The Balaban J connectivity index is 1.67. The lowest BCUT2D eigenvalue weighted by atomic mass is 10.2. The van der Waals surface area contributed by atoms with Crippen molar-refractivity contribution in [1.29, 1.82) is 0 Å². The van der Waals surface area contributed by atoms with Crippen molar-refractivity contribution in [2.45, 2.75) is 18.9 Å². The van der Waals surface area contributed by atoms with Crippen LogP contribution in [0.4, 0.5) is 5.95 Å². The maximum Gasteiger partial charge on any atom is 0.246 e. The zero-order valence-corrected chi connectivity index (χ0v) is 13.8. The summed E-state index contributed by atoms with van der Waals surface area (Å²) >= 11 is 7.63. The van der Waals surface area contributed by atoms with Gasteiger partial charge in [-0.2, -0.15) is 5.10 Å². The van der Waals surface area contributed by atoms with Crippen molar-refractivity contribution in [2.24, 2.45) is 0 Å². The number of hydrogen-bond donors (Lipinski definition) is 0. The summed E-state index contributed by atoms with van der Waals surface area (Å²) in [4.78, 5) is 11.4. The van der Waals surface area contributed by atoms with E-state index >= 15 is 0 Å². The molecule has 0 bridgehead atoms. The Labute approximate surface area is 143 Å². The first kappa shape index (κ1) is 14.5. The summed E-state index contributed by atoms with van der Waals surface area (Å²) in [6, 6.07) is 7.84. The second kappa shape index (κ2) is 6.22. The van der Waals surface area contributed by atoms with E-state index in [9.17, 15) is 0 Å². The lowest BCUT2D eigenvalue weighted by Gasteiger charge is -2.22. The van der Waals surface area contributed by atoms with Crippen molar-refractivity contribution >= 4 is 28.9 Å². The van der Waals surface area contributed by atoms with Gasteiger partial charge >= 0.3 is 0 Å². The van der Waals surface area contributed by atoms with Crippen LogP contribution in [-0.4, -0.2) is 26.7 Å². The Bertz CT molecular complexity index is 790. The molecule has 1 aliphatic heterocycles. The van der Waals surface area contributed by atoms with E-state index in [4.69, 9.17) is 16.6 Å². The average molecular weight is 344 g/mol. The van der Waals surface area contributed by atoms with Gasteiger partial charge in [0.15, 0.2) is 0 Å². The van der Waals surface area contributed by atoms with Crippen molar-refractivity contribution in [1.82, 2.24) is 20.2 Å². The van der Waals surface area contributed by atoms with Gasteiger partial charge in [0.2, 0.25) is 5.95 Å². The lowest BCUT2D eigenvalue weighted by Crippen LogP contribution is -2.25. The SMILES string of the molecule is Clc1ccc(-c2cnnc(N3CCC[C@@H]3c3nccs3)n2)cc1. The molecule has 1 atom stereocenters. The van der Waals surface area contributed by atoms with Crippen LogP contribution in [0.3, 0.4) is 0 Å². The number of halogens is 1. The molecule has 1 fully saturated rings. The number of anilines is 1. The second-order valence-electron chi connectivity index (χ2n) is 5.37. The maximum atomic E-state index is 5.95. The molecule has 1 aliphatic rings. The minimum atomic E-state index is 0.247. The van der Waals surface area contributed by atoms with Crippen molar-refractivity contribution in [2.75, 3.05) is 11.4 Å². The highest BCUT2D eigenvalue weighted by Gasteiger charge is 2.30. The number of aromatic nitrogens is 4. The summed E-state index contributed by atoms with van der Waals surface area (Å²) in [6.07, 6.45) is 5.71. The molecule has 2 aromatic heterocycles. The molecule has 7 heteroatoms. The van der Waals surface area contributed by atoms with Crippen molar-refractivity contribution < 1.29 is 0 Å². The summed E-state index contributed by atoms with van der Waals surface area (Å²) in [5.74, 6) is 0.662. The minimum Gasteiger partial charge on any atom is -0.330 e. The van der Waals surface area contributed by atoms with E-state index in [1.807, 2.05) is 35.8 Å². The predicted molar refractivity (Wildman–Crippen MR) is 91.7 cm³/mol. The Morgan fingerprint density at radius 2 is 2.09 bits per heavy atom. The van der Waals surface area contributed by atoms with Gasteiger partial charge in [-0.25, -0.2) is 9.97 Å². The monoisotopic (exact) mass is 343 g/mol. The summed E-state index contributed by atoms with van der Waals surface area (Å²) in [5.41, 5.74) is 1.78. The molecule has 4 rings (SSSR count). The predicted octanol–water partition coefficient (Wildman–Crippen LogP) is 3.99. The quantitative estimate of drug-likeness (QED) is 0.719. The Kier molecular flexibility index (Phi) is 3.93. The maximum absolute atomic E-state index is 5.95. The van der Waals surface area contributed by atoms with Crippen LogP contribution >= 0.6 is 22.9 Å². The fourth-order valence-corrected chi connectivity index (χ4v) is 3.75. The van der Waals surface area contributed by atoms with Gasteiger partial charge in [0.05, 0.1) is 17.9 Å². The van der Waals surface area contributed by atoms with Crippen LogP contribution in [0.2, 0.25) is 5.02 Å². The smallest absolute Gasteiger partial charge is 0.246 e. The van der Waals surface area contributed by atoms with Gasteiger partial charge in [-0.05, 0) is 25.0 Å². The van der Waals surface area contributed by atoms with Crippen LogP contribution in [0, 0.1) is 0 Å². The van der Waals surface area contributed by atoms with E-state index in [1.54, 1.807) is 17.5 Å². The molecule has 0 spiro atoms. The average Bonchev–Trinajstić information content (AvgIpc) is 3.27. The van der Waals surface area contributed by atoms with Gasteiger partial charge in [0, 0.05) is 28.7 Å². The number of nitrogens with zero attached hydrogens (tertiary/aromatic N) is 5. The first-order chi connectivity index (χ1) is 11.3. The normalized spacial score (nSPS) is 17.6. The zero-order valence-electron chi connectivity index (χ0n) is 12.3. The highest BCUT2D eigenvalue weighted by molar-refractivity contribution is 7.09. The molecule has 23 heavy (non-hydrogen) atoms. The zero-order chi connectivity index (χ0) is 15.6. The van der Waals surface area contributed by atoms with E-state index in [2.05, 4.69) is 20.1 Å². The van der Waals surface area contributed by atoms with Crippen molar-refractivity contribution in [3.63, 3.8) is 0 Å². The van der Waals surface area contributed by atoms with E-state index in [-0.39, 0.29) is 6.04 Å². The van der Waals surface area contributed by atoms with Gasteiger partial charge in [0.25, 0.3) is 0 Å². The molecule has 0 unspecified atom stereocenters. The summed E-state index contributed by atoms with van der Waals surface area (Å²) in [5, 5.41) is 12.2. The molecule has 0 N–H and O–H groups in total. The van der Waals surface area contributed by atoms with Gasteiger partial charge in [-0.1, -0.05) is 23.7 Å². The summed E-state index contributed by atoms with van der Waals surface area (Å²) in [6.45, 7) is 0.927. The first-order valence-corrected chi connectivity index (χ1v) is 8.69. The Morgan fingerprint density at radius 3 is 2.87 bits per heavy atom. The van der Waals surface area contributed by atoms with Crippen LogP contribution in [0.1, 0.15) is 23.9 Å². The fourth-order valence-electron chi connectivity index (χ4n) is 2.84. The molecular formula is C16H14ClN5S. The van der Waals surface area contributed by atoms with Crippen LogP contribution < -0.4 is 4.90 Å². The Hall–Kier alpha value is -2.05. The third kappa shape index (κ3) is 2.92. The van der Waals surface area contributed by atoms with Crippen LogP contribution in [0.15, 0.2) is 42.0 Å². The van der Waals surface area contributed by atoms with E-state index in [0.29, 0.717) is 11.0 Å². The second-order valence-corrected chi connectivity index (χ2v) is 6.73. The highest BCUT2D eigenvalue weighted by Crippen LogP contribution is 2.35. The molecule has 0 aliphatic carbocycles. The van der Waals surface area contributed by atoms with Crippen molar-refractivity contribution in [3.8, 4) is 11.3 Å². The molecule has 5 nitrogen and oxygen atoms in total. The molecule has 0 radical (unpaired) electrons. The van der Waals surface area contributed by atoms with E-state index in [1.165, 1.54) is 0 Å². The third-order valence-corrected chi connectivity index (χ3v) is 5.06. The summed E-state index contributed by atoms with van der Waals surface area (Å²) in [7, 11) is 0. The van der Waals surface area contributed by atoms with E-state index in [0.717, 1.165) is 35.7 Å². The van der Waals surface area contributed by atoms with Crippen LogP contribution in [0.25, 0.3) is 11.3 Å². The van der Waals surface area contributed by atoms with Gasteiger partial charge in [0.1, 0.15) is 5.01 Å². The standard InChI is InChI=1S/C16H14ClN5S/c17-12-5-3-11(4-6-12)13-10-19-21-16(20-13)22-8-1-2-14(22)15-18-7-9-23-15/h3-7,9-10,14H,1-2,8H2/t14-/m1/s1. The molecule has 0 saturated carbocycles. The fraction of sp³-hybridized carbons (Fsp3) is 0.250. The largest absolute Gasteiger partial charge is 0.330 e. The molecule has 1 saturated heterocycles. The molecule has 116 valence electrons. The number of benzene rings is 1. The first-order valence-electron chi connectivity index (χ1n) is 7.43. The highest BCUT2D eigenvalue weighted by atomic mass is 35.5. The molecular weight excluding hydrogens is 330 g/mol. The van der Waals surface area contributed by atoms with Gasteiger partial charge < -0.3 is 4.90 Å². The minimum absolute atomic E-state index is 0.247. The lowest BCUT2D eigenvalue weighted by molar-refractivity contribution is 0.688. The van der Waals surface area contributed by atoms with Crippen molar-refractivity contribution in [3.05, 3.63) is 52.1 Å². The summed E-state index contributed by atoms with van der Waals surface area (Å²) < 4.78 is 0. The Morgan fingerprint density at radius 1 is 1.22 bits per heavy atom. The number of rotatable bonds is 3. The molecule has 3 heterocycles. The van der Waals surface area contributed by atoms with Crippen LogP contribution in [0.5, 0.6) is 0 Å². The van der Waals surface area contributed by atoms with Gasteiger partial charge in [-0.15, -0.1) is 16.4 Å². The number of hydrogen-bond acceptors (Lipinski definition) is 6. The molecule has 0 amide bonds. The third-order valence-electron chi connectivity index (χ3n) is 3.93. The van der Waals surface area contributed by atoms with Crippen LogP contribution in [-0.2, 0) is 0 Å². The van der Waals surface area contributed by atoms with Gasteiger partial charge in [-0.3, -0.25) is 0 Å². The van der Waals surface area contributed by atoms with E-state index < -0.39 is 0 Å².